The molecule has 2 amide bonds. The third kappa shape index (κ3) is 4.78. The maximum Gasteiger partial charge on any atom is 0.237 e. The SMILES string of the molecule is CCN(CC(N)=O)C(=O)CNCC1CC1. The van der Waals surface area contributed by atoms with Crippen LogP contribution in [0.25, 0.3) is 0 Å². The zero-order chi connectivity index (χ0) is 11.3. The summed E-state index contributed by atoms with van der Waals surface area (Å²) < 4.78 is 0. The Bertz CT molecular complexity index is 239. The number of hydrogen-bond donors (Lipinski definition) is 2. The fourth-order valence-corrected chi connectivity index (χ4v) is 1.38. The van der Waals surface area contributed by atoms with E-state index in [0.29, 0.717) is 13.1 Å². The first-order valence-corrected chi connectivity index (χ1v) is 5.40. The van der Waals surface area contributed by atoms with Crippen LogP contribution in [0, 0.1) is 5.92 Å². The van der Waals surface area contributed by atoms with Gasteiger partial charge in [-0.1, -0.05) is 0 Å². The Balaban J connectivity index is 2.18. The van der Waals surface area contributed by atoms with Gasteiger partial charge in [-0.05, 0) is 32.2 Å². The molecular weight excluding hydrogens is 194 g/mol. The van der Waals surface area contributed by atoms with Gasteiger partial charge in [-0.25, -0.2) is 0 Å². The van der Waals surface area contributed by atoms with Crippen LogP contribution in [-0.4, -0.2) is 42.9 Å². The molecule has 0 heterocycles. The molecule has 0 aromatic carbocycles. The van der Waals surface area contributed by atoms with Gasteiger partial charge >= 0.3 is 0 Å². The molecule has 15 heavy (non-hydrogen) atoms. The van der Waals surface area contributed by atoms with Crippen LogP contribution in [0.5, 0.6) is 0 Å². The quantitative estimate of drug-likeness (QED) is 0.588. The van der Waals surface area contributed by atoms with Gasteiger partial charge in [-0.2, -0.15) is 0 Å². The van der Waals surface area contributed by atoms with Crippen molar-refractivity contribution in [1.29, 1.82) is 0 Å². The van der Waals surface area contributed by atoms with Crippen molar-refractivity contribution in [2.75, 3.05) is 26.2 Å². The van der Waals surface area contributed by atoms with Gasteiger partial charge in [0, 0.05) is 6.54 Å². The molecule has 0 spiro atoms. The molecule has 0 bridgehead atoms. The molecule has 5 heteroatoms. The third-order valence-corrected chi connectivity index (χ3v) is 2.49. The topological polar surface area (TPSA) is 75.4 Å². The van der Waals surface area contributed by atoms with Gasteiger partial charge in [0.1, 0.15) is 0 Å². The first-order valence-electron chi connectivity index (χ1n) is 5.40. The number of nitrogens with one attached hydrogen (secondary N) is 1. The Hall–Kier alpha value is -1.10. The molecule has 0 aromatic heterocycles. The largest absolute Gasteiger partial charge is 0.368 e. The summed E-state index contributed by atoms with van der Waals surface area (Å²) in [6.45, 7) is 3.58. The van der Waals surface area contributed by atoms with Crippen molar-refractivity contribution < 1.29 is 9.59 Å². The lowest BCUT2D eigenvalue weighted by molar-refractivity contribution is -0.134. The van der Waals surface area contributed by atoms with Gasteiger partial charge < -0.3 is 16.0 Å². The highest BCUT2D eigenvalue weighted by Crippen LogP contribution is 2.27. The maximum atomic E-state index is 11.6. The summed E-state index contributed by atoms with van der Waals surface area (Å²) in [5.41, 5.74) is 5.04. The molecule has 1 fully saturated rings. The van der Waals surface area contributed by atoms with E-state index >= 15 is 0 Å². The minimum absolute atomic E-state index is 0.0143. The van der Waals surface area contributed by atoms with Gasteiger partial charge in [0.2, 0.25) is 11.8 Å². The molecule has 86 valence electrons. The van der Waals surface area contributed by atoms with Gasteiger partial charge in [-0.15, -0.1) is 0 Å². The predicted molar refractivity (Wildman–Crippen MR) is 57.0 cm³/mol. The van der Waals surface area contributed by atoms with Crippen molar-refractivity contribution in [2.45, 2.75) is 19.8 Å². The second-order valence-electron chi connectivity index (χ2n) is 3.95. The summed E-state index contributed by atoms with van der Waals surface area (Å²) in [4.78, 5) is 23.7. The van der Waals surface area contributed by atoms with E-state index in [4.69, 9.17) is 5.73 Å². The highest BCUT2D eigenvalue weighted by molar-refractivity contribution is 5.84. The van der Waals surface area contributed by atoms with Crippen LogP contribution in [0.15, 0.2) is 0 Å². The fraction of sp³-hybridized carbons (Fsp3) is 0.800. The Morgan fingerprint density at radius 1 is 1.47 bits per heavy atom. The van der Waals surface area contributed by atoms with E-state index in [2.05, 4.69) is 5.32 Å². The first-order chi connectivity index (χ1) is 7.13. The van der Waals surface area contributed by atoms with Crippen molar-refractivity contribution in [1.82, 2.24) is 10.2 Å². The Kier molecular flexibility index (Phi) is 4.55. The summed E-state index contributed by atoms with van der Waals surface area (Å²) in [6.07, 6.45) is 2.53. The Labute approximate surface area is 90.0 Å². The summed E-state index contributed by atoms with van der Waals surface area (Å²) in [5, 5.41) is 3.09. The van der Waals surface area contributed by atoms with E-state index in [1.54, 1.807) is 0 Å². The normalized spacial score (nSPS) is 15.0. The number of nitrogens with two attached hydrogens (primary N) is 1. The van der Waals surface area contributed by atoms with E-state index in [0.717, 1.165) is 12.5 Å². The van der Waals surface area contributed by atoms with Crippen molar-refractivity contribution in [3.05, 3.63) is 0 Å². The second kappa shape index (κ2) is 5.70. The molecule has 5 nitrogen and oxygen atoms in total. The van der Waals surface area contributed by atoms with Crippen LogP contribution in [-0.2, 0) is 9.59 Å². The molecule has 0 unspecified atom stereocenters. The zero-order valence-corrected chi connectivity index (χ0v) is 9.16. The summed E-state index contributed by atoms with van der Waals surface area (Å²) >= 11 is 0. The van der Waals surface area contributed by atoms with Crippen molar-refractivity contribution in [3.63, 3.8) is 0 Å². The molecule has 0 atom stereocenters. The minimum atomic E-state index is -0.465. The van der Waals surface area contributed by atoms with Gasteiger partial charge in [0.15, 0.2) is 0 Å². The molecule has 1 aliphatic carbocycles. The zero-order valence-electron chi connectivity index (χ0n) is 9.16. The summed E-state index contributed by atoms with van der Waals surface area (Å²) in [7, 11) is 0. The van der Waals surface area contributed by atoms with Gasteiger partial charge in [0.25, 0.3) is 0 Å². The lowest BCUT2D eigenvalue weighted by Crippen LogP contribution is -2.43. The maximum absolute atomic E-state index is 11.6. The second-order valence-corrected chi connectivity index (χ2v) is 3.95. The predicted octanol–water partition coefficient (Wildman–Crippen LogP) is -0.680. The first kappa shape index (κ1) is 12.0. The number of primary amides is 1. The molecule has 0 saturated heterocycles. The van der Waals surface area contributed by atoms with Crippen molar-refractivity contribution in [2.24, 2.45) is 11.7 Å². The number of carbonyl (C=O) groups is 2. The molecule has 1 saturated carbocycles. The van der Waals surface area contributed by atoms with Gasteiger partial charge in [-0.3, -0.25) is 9.59 Å². The van der Waals surface area contributed by atoms with Crippen LogP contribution >= 0.6 is 0 Å². The van der Waals surface area contributed by atoms with Crippen LogP contribution < -0.4 is 11.1 Å². The highest BCUT2D eigenvalue weighted by atomic mass is 16.2. The van der Waals surface area contributed by atoms with E-state index in [9.17, 15) is 9.59 Å². The van der Waals surface area contributed by atoms with Gasteiger partial charge in [0.05, 0.1) is 13.1 Å². The minimum Gasteiger partial charge on any atom is -0.368 e. The molecule has 3 N–H and O–H groups in total. The Morgan fingerprint density at radius 3 is 2.60 bits per heavy atom. The monoisotopic (exact) mass is 213 g/mol. The van der Waals surface area contributed by atoms with E-state index in [1.807, 2.05) is 6.92 Å². The molecule has 0 aromatic rings. The molecule has 0 aliphatic heterocycles. The standard InChI is InChI=1S/C10H19N3O2/c1-2-13(7-9(11)14)10(15)6-12-5-8-3-4-8/h8,12H,2-7H2,1H3,(H2,11,14). The smallest absolute Gasteiger partial charge is 0.237 e. The molecule has 1 rings (SSSR count). The summed E-state index contributed by atoms with van der Waals surface area (Å²) in [5.74, 6) is 0.230. The number of nitrogens with zero attached hydrogens (tertiary/aromatic N) is 1. The van der Waals surface area contributed by atoms with E-state index in [1.165, 1.54) is 17.7 Å². The fourth-order valence-electron chi connectivity index (χ4n) is 1.38. The van der Waals surface area contributed by atoms with E-state index < -0.39 is 5.91 Å². The molecule has 1 aliphatic rings. The van der Waals surface area contributed by atoms with E-state index in [-0.39, 0.29) is 12.5 Å². The molecule has 0 radical (unpaired) electrons. The molecular formula is C10H19N3O2. The highest BCUT2D eigenvalue weighted by Gasteiger charge is 2.21. The van der Waals surface area contributed by atoms with Crippen LogP contribution in [0.4, 0.5) is 0 Å². The number of hydrogen-bond acceptors (Lipinski definition) is 3. The average Bonchev–Trinajstić information content (AvgIpc) is 2.97. The number of rotatable bonds is 7. The number of amides is 2. The third-order valence-electron chi connectivity index (χ3n) is 2.49. The number of likely N-dealkylation sites (N-methyl/N-ethyl adjacent to an activating group) is 1. The number of carbonyl (C=O) groups excluding carboxylic acids is 2. The van der Waals surface area contributed by atoms with Crippen molar-refractivity contribution in [3.8, 4) is 0 Å². The van der Waals surface area contributed by atoms with Crippen LogP contribution in [0.3, 0.4) is 0 Å². The lowest BCUT2D eigenvalue weighted by Gasteiger charge is -2.19. The lowest BCUT2D eigenvalue weighted by atomic mass is 10.4. The van der Waals surface area contributed by atoms with Crippen LogP contribution in [0.1, 0.15) is 19.8 Å². The van der Waals surface area contributed by atoms with Crippen molar-refractivity contribution >= 4 is 11.8 Å². The van der Waals surface area contributed by atoms with Crippen LogP contribution in [0.2, 0.25) is 0 Å². The average molecular weight is 213 g/mol. The summed E-state index contributed by atoms with van der Waals surface area (Å²) in [6, 6.07) is 0. The Morgan fingerprint density at radius 2 is 2.13 bits per heavy atom.